The van der Waals surface area contributed by atoms with Crippen LogP contribution in [0.3, 0.4) is 0 Å². The van der Waals surface area contributed by atoms with Gasteiger partial charge in [-0.05, 0) is 19.1 Å². The van der Waals surface area contributed by atoms with E-state index in [2.05, 4.69) is 9.72 Å². The van der Waals surface area contributed by atoms with Crippen LogP contribution in [0.25, 0.3) is 0 Å². The Morgan fingerprint density at radius 2 is 2.36 bits per heavy atom. The summed E-state index contributed by atoms with van der Waals surface area (Å²) in [6.07, 6.45) is 0.324. The number of H-pyrrole nitrogens is 1. The number of carbonyl (C=O) groups is 1. The fourth-order valence-corrected chi connectivity index (χ4v) is 0.893. The van der Waals surface area contributed by atoms with Gasteiger partial charge in [0.15, 0.2) is 0 Å². The number of hydrogen-bond donors (Lipinski definition) is 1. The average molecular weight is 153 g/mol. The van der Waals surface area contributed by atoms with E-state index in [4.69, 9.17) is 0 Å². The molecule has 0 aliphatic rings. The molecule has 0 aromatic carbocycles. The van der Waals surface area contributed by atoms with Crippen molar-refractivity contribution in [2.75, 3.05) is 7.11 Å². The second kappa shape index (κ2) is 3.23. The van der Waals surface area contributed by atoms with Crippen LogP contribution >= 0.6 is 0 Å². The van der Waals surface area contributed by atoms with Gasteiger partial charge in [-0.25, -0.2) is 0 Å². The second-order valence-corrected chi connectivity index (χ2v) is 2.42. The first-order chi connectivity index (χ1) is 5.22. The van der Waals surface area contributed by atoms with Crippen LogP contribution < -0.4 is 0 Å². The Bertz CT molecular complexity index is 252. The number of aromatic nitrogens is 1. The molecule has 0 atom stereocenters. The normalized spacial score (nSPS) is 9.64. The fraction of sp³-hybridized carbons (Fsp3) is 0.375. The average Bonchev–Trinajstić information content (AvgIpc) is 2.35. The number of hydrogen-bond acceptors (Lipinski definition) is 2. The molecule has 1 heterocycles. The van der Waals surface area contributed by atoms with Crippen LogP contribution in [0.5, 0.6) is 0 Å². The van der Waals surface area contributed by atoms with E-state index in [0.29, 0.717) is 6.42 Å². The predicted octanol–water partition coefficient (Wildman–Crippen LogP) is 1.04. The molecule has 0 saturated carbocycles. The molecule has 0 aliphatic carbocycles. The highest BCUT2D eigenvalue weighted by molar-refractivity contribution is 5.71. The molecule has 1 rings (SSSR count). The molecular formula is C8H11NO2. The molecule has 1 aromatic heterocycles. The van der Waals surface area contributed by atoms with Gasteiger partial charge in [-0.2, -0.15) is 0 Å². The number of nitrogens with one attached hydrogen (secondary N) is 1. The first kappa shape index (κ1) is 7.85. The van der Waals surface area contributed by atoms with Gasteiger partial charge in [-0.1, -0.05) is 0 Å². The molecule has 0 fully saturated rings. The Morgan fingerprint density at radius 3 is 2.82 bits per heavy atom. The topological polar surface area (TPSA) is 42.1 Å². The van der Waals surface area contributed by atoms with Crippen LogP contribution in [0, 0.1) is 6.92 Å². The Morgan fingerprint density at radius 1 is 1.64 bits per heavy atom. The summed E-state index contributed by atoms with van der Waals surface area (Å²) in [6, 6.07) is 3.81. The van der Waals surface area contributed by atoms with Crippen LogP contribution in [-0.4, -0.2) is 18.1 Å². The lowest BCUT2D eigenvalue weighted by Gasteiger charge is -1.94. The molecule has 0 aliphatic heterocycles. The molecule has 0 spiro atoms. The van der Waals surface area contributed by atoms with Crippen molar-refractivity contribution in [2.45, 2.75) is 13.3 Å². The van der Waals surface area contributed by atoms with Crippen molar-refractivity contribution >= 4 is 5.97 Å². The molecule has 3 nitrogen and oxygen atoms in total. The summed E-state index contributed by atoms with van der Waals surface area (Å²) in [5.41, 5.74) is 1.96. The molecule has 0 amide bonds. The highest BCUT2D eigenvalue weighted by atomic mass is 16.5. The molecule has 1 N–H and O–H groups in total. The summed E-state index contributed by atoms with van der Waals surface area (Å²) < 4.78 is 4.50. The Balaban J connectivity index is 2.57. The van der Waals surface area contributed by atoms with Crippen LogP contribution in [0.15, 0.2) is 12.1 Å². The number of aryl methyl sites for hydroxylation is 1. The van der Waals surface area contributed by atoms with Crippen molar-refractivity contribution in [2.24, 2.45) is 0 Å². The Labute approximate surface area is 65.4 Å². The minimum atomic E-state index is -0.216. The van der Waals surface area contributed by atoms with Gasteiger partial charge in [0.2, 0.25) is 0 Å². The van der Waals surface area contributed by atoms with Crippen LogP contribution in [-0.2, 0) is 16.0 Å². The lowest BCUT2D eigenvalue weighted by Crippen LogP contribution is -2.04. The highest BCUT2D eigenvalue weighted by Gasteiger charge is 2.02. The Kier molecular flexibility index (Phi) is 2.31. The maximum Gasteiger partial charge on any atom is 0.311 e. The van der Waals surface area contributed by atoms with Gasteiger partial charge in [-0.3, -0.25) is 4.79 Å². The predicted molar refractivity (Wildman–Crippen MR) is 41.2 cm³/mol. The summed E-state index contributed by atoms with van der Waals surface area (Å²) in [5, 5.41) is 0. The molecule has 60 valence electrons. The van der Waals surface area contributed by atoms with Gasteiger partial charge in [0, 0.05) is 11.4 Å². The van der Waals surface area contributed by atoms with Crippen molar-refractivity contribution in [1.82, 2.24) is 4.98 Å². The van der Waals surface area contributed by atoms with E-state index in [1.165, 1.54) is 7.11 Å². The fourth-order valence-electron chi connectivity index (χ4n) is 0.893. The summed E-state index contributed by atoms with van der Waals surface area (Å²) in [5.74, 6) is -0.216. The molecule has 0 saturated heterocycles. The van der Waals surface area contributed by atoms with Crippen molar-refractivity contribution in [1.29, 1.82) is 0 Å². The molecule has 3 heteroatoms. The van der Waals surface area contributed by atoms with E-state index in [-0.39, 0.29) is 5.97 Å². The quantitative estimate of drug-likeness (QED) is 0.645. The van der Waals surface area contributed by atoms with Gasteiger partial charge in [0.1, 0.15) is 0 Å². The highest BCUT2D eigenvalue weighted by Crippen LogP contribution is 2.01. The van der Waals surface area contributed by atoms with Crippen LogP contribution in [0.4, 0.5) is 0 Å². The van der Waals surface area contributed by atoms with Gasteiger partial charge >= 0.3 is 5.97 Å². The summed E-state index contributed by atoms with van der Waals surface area (Å²) in [4.78, 5) is 13.8. The van der Waals surface area contributed by atoms with Crippen LogP contribution in [0.1, 0.15) is 11.4 Å². The van der Waals surface area contributed by atoms with Gasteiger partial charge in [-0.15, -0.1) is 0 Å². The maximum absolute atomic E-state index is 10.7. The van der Waals surface area contributed by atoms with E-state index < -0.39 is 0 Å². The van der Waals surface area contributed by atoms with Crippen LogP contribution in [0.2, 0.25) is 0 Å². The molecule has 0 bridgehead atoms. The standard InChI is InChI=1S/C8H11NO2/c1-6-3-4-7(9-6)5-8(10)11-2/h3-4,9H,5H2,1-2H3. The maximum atomic E-state index is 10.7. The number of ether oxygens (including phenoxy) is 1. The molecule has 0 radical (unpaired) electrons. The largest absolute Gasteiger partial charge is 0.469 e. The van der Waals surface area contributed by atoms with Crippen molar-refractivity contribution < 1.29 is 9.53 Å². The van der Waals surface area contributed by atoms with E-state index in [1.807, 2.05) is 19.1 Å². The van der Waals surface area contributed by atoms with Crippen molar-refractivity contribution in [3.63, 3.8) is 0 Å². The lowest BCUT2D eigenvalue weighted by atomic mass is 10.3. The van der Waals surface area contributed by atoms with Gasteiger partial charge in [0.05, 0.1) is 13.5 Å². The van der Waals surface area contributed by atoms with Crippen molar-refractivity contribution in [3.05, 3.63) is 23.5 Å². The third-order valence-electron chi connectivity index (χ3n) is 1.45. The Hall–Kier alpha value is -1.25. The van der Waals surface area contributed by atoms with Gasteiger partial charge in [0.25, 0.3) is 0 Å². The minimum absolute atomic E-state index is 0.216. The number of carbonyl (C=O) groups excluding carboxylic acids is 1. The summed E-state index contributed by atoms with van der Waals surface area (Å²) in [7, 11) is 1.39. The molecule has 0 unspecified atom stereocenters. The third kappa shape index (κ3) is 2.11. The summed E-state index contributed by atoms with van der Waals surface area (Å²) >= 11 is 0. The zero-order chi connectivity index (χ0) is 8.27. The first-order valence-corrected chi connectivity index (χ1v) is 3.43. The number of esters is 1. The molecule has 1 aromatic rings. The lowest BCUT2D eigenvalue weighted by molar-refractivity contribution is -0.139. The monoisotopic (exact) mass is 153 g/mol. The SMILES string of the molecule is COC(=O)Cc1ccc(C)[nH]1. The number of methoxy groups -OCH3 is 1. The zero-order valence-corrected chi connectivity index (χ0v) is 6.68. The van der Waals surface area contributed by atoms with E-state index in [9.17, 15) is 4.79 Å². The van der Waals surface area contributed by atoms with Crippen molar-refractivity contribution in [3.8, 4) is 0 Å². The number of aromatic amines is 1. The van der Waals surface area contributed by atoms with E-state index >= 15 is 0 Å². The first-order valence-electron chi connectivity index (χ1n) is 3.43. The zero-order valence-electron chi connectivity index (χ0n) is 6.68. The van der Waals surface area contributed by atoms with E-state index in [0.717, 1.165) is 11.4 Å². The van der Waals surface area contributed by atoms with Gasteiger partial charge < -0.3 is 9.72 Å². The second-order valence-electron chi connectivity index (χ2n) is 2.42. The molecular weight excluding hydrogens is 142 g/mol. The van der Waals surface area contributed by atoms with E-state index in [1.54, 1.807) is 0 Å². The number of rotatable bonds is 2. The minimum Gasteiger partial charge on any atom is -0.469 e. The third-order valence-corrected chi connectivity index (χ3v) is 1.45. The molecule has 11 heavy (non-hydrogen) atoms. The smallest absolute Gasteiger partial charge is 0.311 e. The summed E-state index contributed by atoms with van der Waals surface area (Å²) in [6.45, 7) is 1.95.